The molecule has 32 heavy (non-hydrogen) atoms. The minimum Gasteiger partial charge on any atom is -0.436 e. The number of amides is 1. The lowest BCUT2D eigenvalue weighted by Gasteiger charge is -2.14. The average Bonchev–Trinajstić information content (AvgIpc) is 3.17. The van der Waals surface area contributed by atoms with Crippen LogP contribution in [0.3, 0.4) is 0 Å². The summed E-state index contributed by atoms with van der Waals surface area (Å²) in [6.45, 7) is 2.53. The van der Waals surface area contributed by atoms with E-state index in [4.69, 9.17) is 4.42 Å². The molecule has 1 fully saturated rings. The Hall–Kier alpha value is -3.64. The van der Waals surface area contributed by atoms with Gasteiger partial charge in [-0.3, -0.25) is 9.69 Å². The topological polar surface area (TPSA) is 58.2 Å². The average molecular weight is 440 g/mol. The van der Waals surface area contributed by atoms with Crippen LogP contribution < -0.4 is 5.55 Å². The van der Waals surface area contributed by atoms with Gasteiger partial charge in [0.25, 0.3) is 0 Å². The molecular weight excluding hydrogens is 418 g/mol. The first-order chi connectivity index (χ1) is 15.7. The highest BCUT2D eigenvalue weighted by Gasteiger charge is 2.28. The molecule has 158 valence electrons. The van der Waals surface area contributed by atoms with E-state index in [2.05, 4.69) is 47.5 Å². The molecule has 1 amide bonds. The van der Waals surface area contributed by atoms with E-state index in [0.29, 0.717) is 23.0 Å². The molecule has 5 rings (SSSR count). The summed E-state index contributed by atoms with van der Waals surface area (Å²) < 4.78 is 6.13. The summed E-state index contributed by atoms with van der Waals surface area (Å²) in [5.74, 6) is 0.392. The Labute approximate surface area is 190 Å². The summed E-state index contributed by atoms with van der Waals surface area (Å²) in [7, 11) is 0. The van der Waals surface area contributed by atoms with Crippen molar-refractivity contribution in [3.63, 3.8) is 0 Å². The second kappa shape index (κ2) is 8.85. The van der Waals surface area contributed by atoms with Gasteiger partial charge in [0.1, 0.15) is 5.58 Å². The monoisotopic (exact) mass is 439 g/mol. The summed E-state index contributed by atoms with van der Waals surface area (Å²) in [5.41, 5.74) is 5.24. The van der Waals surface area contributed by atoms with Crippen LogP contribution in [0.5, 0.6) is 0 Å². The number of carbonyl (C=O) groups is 1. The Bertz CT molecular complexity index is 1380. The maximum absolute atomic E-state index is 12.5. The van der Waals surface area contributed by atoms with Crippen LogP contribution in [0, 0.1) is 6.92 Å². The summed E-state index contributed by atoms with van der Waals surface area (Å²) in [4.78, 5) is 14.1. The number of nitrogens with zero attached hydrogens (tertiary/aromatic N) is 3. The zero-order valence-corrected chi connectivity index (χ0v) is 18.4. The molecular formula is C26H21N3O2S. The molecule has 1 aromatic heterocycles. The van der Waals surface area contributed by atoms with Gasteiger partial charge < -0.3 is 4.42 Å². The predicted octanol–water partition coefficient (Wildman–Crippen LogP) is 5.36. The van der Waals surface area contributed by atoms with E-state index in [1.165, 1.54) is 17.3 Å². The van der Waals surface area contributed by atoms with Gasteiger partial charge in [0.2, 0.25) is 11.5 Å². The van der Waals surface area contributed by atoms with Crippen LogP contribution in [0.25, 0.3) is 22.1 Å². The second-order valence-corrected chi connectivity index (χ2v) is 8.55. The fraction of sp³-hybridized carbons (Fsp3) is 0.115. The van der Waals surface area contributed by atoms with Crippen LogP contribution in [-0.4, -0.2) is 21.7 Å². The highest BCUT2D eigenvalue weighted by Crippen LogP contribution is 2.24. The van der Waals surface area contributed by atoms with Gasteiger partial charge >= 0.3 is 0 Å². The molecule has 0 aliphatic carbocycles. The number of fused-ring (bicyclic) bond motifs is 1. The van der Waals surface area contributed by atoms with Gasteiger partial charge in [-0.05, 0) is 30.2 Å². The molecule has 4 aromatic rings. The van der Waals surface area contributed by atoms with E-state index in [1.807, 2.05) is 54.6 Å². The van der Waals surface area contributed by atoms with Crippen molar-refractivity contribution in [1.29, 1.82) is 0 Å². The second-order valence-electron chi connectivity index (χ2n) is 7.61. The predicted molar refractivity (Wildman–Crippen MR) is 129 cm³/mol. The van der Waals surface area contributed by atoms with Crippen molar-refractivity contribution in [2.24, 2.45) is 10.2 Å². The van der Waals surface area contributed by atoms with Crippen LogP contribution in [0.15, 0.2) is 99.5 Å². The molecule has 3 aromatic carbocycles. The minimum atomic E-state index is 0.0296. The maximum Gasteiger partial charge on any atom is 0.246 e. The number of hydrogen-bond acceptors (Lipinski definition) is 5. The number of carbonyl (C=O) groups excluding carboxylic acids is 1. The van der Waals surface area contributed by atoms with Crippen LogP contribution in [0.2, 0.25) is 0 Å². The third-order valence-electron chi connectivity index (χ3n) is 5.29. The normalized spacial score (nSPS) is 15.8. The quantitative estimate of drug-likeness (QED) is 0.403. The molecule has 1 aliphatic heterocycles. The number of benzene rings is 3. The van der Waals surface area contributed by atoms with Crippen LogP contribution in [0.4, 0.5) is 0 Å². The standard InChI is InChI=1S/C26H21N3O2S/c1-18-11-13-20(14-12-18)22-15-21-9-5-6-10-23(21)31-25(22)27-28-26-29(24(30)17-32-26)16-19-7-3-2-4-8-19/h2-15H,16-17H2,1H3/b27-25+,28-26+. The van der Waals surface area contributed by atoms with Gasteiger partial charge in [-0.1, -0.05) is 90.1 Å². The van der Waals surface area contributed by atoms with E-state index in [-0.39, 0.29) is 5.91 Å². The lowest BCUT2D eigenvalue weighted by molar-refractivity contribution is -0.124. The Morgan fingerprint density at radius 1 is 0.938 bits per heavy atom. The third kappa shape index (κ3) is 4.22. The summed E-state index contributed by atoms with van der Waals surface area (Å²) >= 11 is 1.40. The van der Waals surface area contributed by atoms with Crippen molar-refractivity contribution in [3.05, 3.63) is 102 Å². The van der Waals surface area contributed by atoms with Crippen molar-refractivity contribution in [3.8, 4) is 11.1 Å². The minimum absolute atomic E-state index is 0.0296. The van der Waals surface area contributed by atoms with E-state index >= 15 is 0 Å². The van der Waals surface area contributed by atoms with Gasteiger partial charge in [0, 0.05) is 10.9 Å². The molecule has 0 bridgehead atoms. The molecule has 0 N–H and O–H groups in total. The molecule has 5 nitrogen and oxygen atoms in total. The van der Waals surface area contributed by atoms with Crippen LogP contribution >= 0.6 is 11.8 Å². The zero-order chi connectivity index (χ0) is 21.9. The lowest BCUT2D eigenvalue weighted by atomic mass is 10.0. The van der Waals surface area contributed by atoms with Crippen molar-refractivity contribution < 1.29 is 9.21 Å². The molecule has 0 saturated carbocycles. The Morgan fingerprint density at radius 2 is 1.69 bits per heavy atom. The first kappa shape index (κ1) is 20.3. The number of para-hydroxylation sites is 1. The van der Waals surface area contributed by atoms with E-state index < -0.39 is 0 Å². The zero-order valence-electron chi connectivity index (χ0n) is 17.6. The molecule has 0 atom stereocenters. The SMILES string of the molecule is Cc1ccc(-c2cc3ccccc3o/c2=N/N=C2/SCC(=O)N2Cc2ccccc2)cc1. The molecule has 1 aliphatic rings. The number of hydrogen-bond donors (Lipinski definition) is 0. The van der Waals surface area contributed by atoms with Gasteiger partial charge in [0.15, 0.2) is 5.17 Å². The van der Waals surface area contributed by atoms with E-state index in [0.717, 1.165) is 27.7 Å². The van der Waals surface area contributed by atoms with Crippen LogP contribution in [-0.2, 0) is 11.3 Å². The van der Waals surface area contributed by atoms with E-state index in [9.17, 15) is 4.79 Å². The highest BCUT2D eigenvalue weighted by molar-refractivity contribution is 8.15. The number of thioether (sulfide) groups is 1. The van der Waals surface area contributed by atoms with Gasteiger partial charge in [0.05, 0.1) is 12.3 Å². The van der Waals surface area contributed by atoms with E-state index in [1.54, 1.807) is 4.90 Å². The largest absolute Gasteiger partial charge is 0.436 e. The Morgan fingerprint density at radius 3 is 2.50 bits per heavy atom. The Kier molecular flexibility index (Phi) is 5.60. The van der Waals surface area contributed by atoms with Crippen molar-refractivity contribution in [2.75, 3.05) is 5.75 Å². The Balaban J connectivity index is 1.59. The first-order valence-electron chi connectivity index (χ1n) is 10.4. The lowest BCUT2D eigenvalue weighted by Crippen LogP contribution is -2.28. The number of amidine groups is 1. The number of rotatable bonds is 4. The maximum atomic E-state index is 12.5. The molecule has 6 heteroatoms. The summed E-state index contributed by atoms with van der Waals surface area (Å²) in [5, 5.41) is 10.5. The molecule has 0 spiro atoms. The number of aryl methyl sites for hydroxylation is 1. The van der Waals surface area contributed by atoms with Crippen molar-refractivity contribution in [2.45, 2.75) is 13.5 Å². The van der Waals surface area contributed by atoms with Crippen molar-refractivity contribution in [1.82, 2.24) is 4.90 Å². The highest BCUT2D eigenvalue weighted by atomic mass is 32.2. The first-order valence-corrected chi connectivity index (χ1v) is 11.3. The molecule has 0 unspecified atom stereocenters. The van der Waals surface area contributed by atoms with Gasteiger partial charge in [-0.25, -0.2) is 0 Å². The summed E-state index contributed by atoms with van der Waals surface area (Å²) in [6.07, 6.45) is 0. The smallest absolute Gasteiger partial charge is 0.246 e. The van der Waals surface area contributed by atoms with Crippen molar-refractivity contribution >= 4 is 33.8 Å². The molecule has 1 saturated heterocycles. The summed E-state index contributed by atoms with van der Waals surface area (Å²) in [6, 6.07) is 28.0. The third-order valence-corrected chi connectivity index (χ3v) is 6.24. The van der Waals surface area contributed by atoms with Gasteiger partial charge in [-0.15, -0.1) is 10.2 Å². The van der Waals surface area contributed by atoms with Crippen LogP contribution in [0.1, 0.15) is 11.1 Å². The molecule has 2 heterocycles. The fourth-order valence-electron chi connectivity index (χ4n) is 3.56. The molecule has 0 radical (unpaired) electrons. The fourth-order valence-corrected chi connectivity index (χ4v) is 4.39. The van der Waals surface area contributed by atoms with Gasteiger partial charge in [-0.2, -0.15) is 0 Å².